The number of hydrogen-bond acceptors (Lipinski definition) is 3. The monoisotopic (exact) mass is 297 g/mol. The van der Waals surface area contributed by atoms with E-state index in [9.17, 15) is 0 Å². The highest BCUT2D eigenvalue weighted by Gasteiger charge is 2.19. The molecule has 2 heterocycles. The van der Waals surface area contributed by atoms with E-state index in [2.05, 4.69) is 59.1 Å². The molecule has 0 unspecified atom stereocenters. The quantitative estimate of drug-likeness (QED) is 0.843. The highest BCUT2D eigenvalue weighted by molar-refractivity contribution is 5.81. The topological polar surface area (TPSA) is 19.4 Å². The SMILES string of the molecule is CCN1CCC(CN(C)Cc2ccnc3ccccc23)CC1. The maximum atomic E-state index is 4.46. The van der Waals surface area contributed by atoms with Gasteiger partial charge in [-0.25, -0.2) is 0 Å². The van der Waals surface area contributed by atoms with Gasteiger partial charge in [-0.2, -0.15) is 0 Å². The molecule has 1 aromatic heterocycles. The van der Waals surface area contributed by atoms with Crippen molar-refractivity contribution in [3.05, 3.63) is 42.1 Å². The van der Waals surface area contributed by atoms with Crippen LogP contribution in [-0.4, -0.2) is 48.0 Å². The standard InChI is InChI=1S/C19H27N3/c1-3-22-12-9-16(10-13-22)14-21(2)15-17-8-11-20-19-7-5-4-6-18(17)19/h4-8,11,16H,3,9-10,12-15H2,1-2H3. The Morgan fingerprint density at radius 3 is 2.73 bits per heavy atom. The van der Waals surface area contributed by atoms with E-state index in [-0.39, 0.29) is 0 Å². The lowest BCUT2D eigenvalue weighted by Gasteiger charge is -2.33. The maximum absolute atomic E-state index is 4.46. The molecule has 0 bridgehead atoms. The second kappa shape index (κ2) is 7.21. The molecule has 1 saturated heterocycles. The van der Waals surface area contributed by atoms with Gasteiger partial charge >= 0.3 is 0 Å². The molecule has 3 heteroatoms. The molecule has 0 atom stereocenters. The largest absolute Gasteiger partial charge is 0.304 e. The predicted octanol–water partition coefficient (Wildman–Crippen LogP) is 3.40. The number of fused-ring (bicyclic) bond motifs is 1. The summed E-state index contributed by atoms with van der Waals surface area (Å²) in [4.78, 5) is 9.50. The van der Waals surface area contributed by atoms with Crippen LogP contribution in [0.5, 0.6) is 0 Å². The Morgan fingerprint density at radius 2 is 1.95 bits per heavy atom. The highest BCUT2D eigenvalue weighted by Crippen LogP contribution is 2.21. The first-order valence-electron chi connectivity index (χ1n) is 8.49. The minimum absolute atomic E-state index is 0.848. The molecular formula is C19H27N3. The molecule has 1 fully saturated rings. The molecule has 1 aliphatic rings. The zero-order valence-electron chi connectivity index (χ0n) is 13.8. The van der Waals surface area contributed by atoms with Crippen molar-refractivity contribution >= 4 is 10.9 Å². The second-order valence-corrected chi connectivity index (χ2v) is 6.56. The second-order valence-electron chi connectivity index (χ2n) is 6.56. The molecule has 0 radical (unpaired) electrons. The molecule has 1 aromatic carbocycles. The van der Waals surface area contributed by atoms with Crippen LogP contribution >= 0.6 is 0 Å². The van der Waals surface area contributed by atoms with Crippen molar-refractivity contribution in [3.63, 3.8) is 0 Å². The smallest absolute Gasteiger partial charge is 0.0705 e. The average Bonchev–Trinajstić information content (AvgIpc) is 2.56. The molecule has 3 nitrogen and oxygen atoms in total. The molecule has 118 valence electrons. The molecule has 3 rings (SSSR count). The van der Waals surface area contributed by atoms with Crippen molar-refractivity contribution < 1.29 is 0 Å². The summed E-state index contributed by atoms with van der Waals surface area (Å²) in [5.41, 5.74) is 2.49. The molecule has 2 aromatic rings. The average molecular weight is 297 g/mol. The normalized spacial score (nSPS) is 17.4. The van der Waals surface area contributed by atoms with E-state index >= 15 is 0 Å². The molecule has 0 aliphatic carbocycles. The summed E-state index contributed by atoms with van der Waals surface area (Å²) >= 11 is 0. The van der Waals surface area contributed by atoms with Crippen LogP contribution in [0.3, 0.4) is 0 Å². The zero-order valence-corrected chi connectivity index (χ0v) is 13.8. The van der Waals surface area contributed by atoms with Gasteiger partial charge in [-0.3, -0.25) is 4.98 Å². The maximum Gasteiger partial charge on any atom is 0.0705 e. The number of para-hydroxylation sites is 1. The zero-order chi connectivity index (χ0) is 15.4. The van der Waals surface area contributed by atoms with E-state index < -0.39 is 0 Å². The van der Waals surface area contributed by atoms with E-state index in [4.69, 9.17) is 0 Å². The van der Waals surface area contributed by atoms with E-state index in [0.29, 0.717) is 0 Å². The van der Waals surface area contributed by atoms with E-state index in [1.54, 1.807) is 0 Å². The van der Waals surface area contributed by atoms with Gasteiger partial charge in [0.2, 0.25) is 0 Å². The molecule has 22 heavy (non-hydrogen) atoms. The summed E-state index contributed by atoms with van der Waals surface area (Å²) in [7, 11) is 2.25. The van der Waals surface area contributed by atoms with Crippen molar-refractivity contribution in [2.45, 2.75) is 26.3 Å². The Labute approximate surface area is 133 Å². The number of likely N-dealkylation sites (tertiary alicyclic amines) is 1. The third-order valence-electron chi connectivity index (χ3n) is 4.90. The first kappa shape index (κ1) is 15.4. The van der Waals surface area contributed by atoms with E-state index in [1.165, 1.54) is 50.0 Å². The molecule has 1 aliphatic heterocycles. The lowest BCUT2D eigenvalue weighted by Crippen LogP contribution is -2.37. The molecule has 0 saturated carbocycles. The number of nitrogens with zero attached hydrogens (tertiary/aromatic N) is 3. The van der Waals surface area contributed by atoms with E-state index in [1.807, 2.05) is 6.20 Å². The molecule has 0 N–H and O–H groups in total. The fourth-order valence-electron chi connectivity index (χ4n) is 3.57. The van der Waals surface area contributed by atoms with Crippen LogP contribution in [0.25, 0.3) is 10.9 Å². The summed E-state index contributed by atoms with van der Waals surface area (Å²) in [6.45, 7) is 8.22. The third-order valence-corrected chi connectivity index (χ3v) is 4.90. The van der Waals surface area contributed by atoms with Crippen LogP contribution in [0.1, 0.15) is 25.3 Å². The fourth-order valence-corrected chi connectivity index (χ4v) is 3.57. The number of pyridine rings is 1. The molecule has 0 spiro atoms. The van der Waals surface area contributed by atoms with Crippen LogP contribution in [0.4, 0.5) is 0 Å². The summed E-state index contributed by atoms with van der Waals surface area (Å²) in [5.74, 6) is 0.848. The number of piperidine rings is 1. The van der Waals surface area contributed by atoms with Gasteiger partial charge in [0.1, 0.15) is 0 Å². The van der Waals surface area contributed by atoms with Crippen LogP contribution in [0, 0.1) is 5.92 Å². The third kappa shape index (κ3) is 3.65. The minimum atomic E-state index is 0.848. The van der Waals surface area contributed by atoms with Gasteiger partial charge in [0.25, 0.3) is 0 Å². The Kier molecular flexibility index (Phi) is 5.06. The van der Waals surface area contributed by atoms with Crippen LogP contribution in [-0.2, 0) is 6.54 Å². The van der Waals surface area contributed by atoms with Crippen molar-refractivity contribution in [2.24, 2.45) is 5.92 Å². The van der Waals surface area contributed by atoms with Crippen LogP contribution in [0.15, 0.2) is 36.5 Å². The highest BCUT2D eigenvalue weighted by atomic mass is 15.1. The lowest BCUT2D eigenvalue weighted by atomic mass is 9.96. The van der Waals surface area contributed by atoms with Gasteiger partial charge in [0.05, 0.1) is 5.52 Å². The van der Waals surface area contributed by atoms with Gasteiger partial charge in [0, 0.05) is 24.7 Å². The van der Waals surface area contributed by atoms with Crippen molar-refractivity contribution in [1.82, 2.24) is 14.8 Å². The van der Waals surface area contributed by atoms with Gasteiger partial charge in [-0.05, 0) is 63.1 Å². The number of hydrogen-bond donors (Lipinski definition) is 0. The Bertz CT molecular complexity index is 597. The van der Waals surface area contributed by atoms with Crippen LogP contribution in [0.2, 0.25) is 0 Å². The fraction of sp³-hybridized carbons (Fsp3) is 0.526. The van der Waals surface area contributed by atoms with Gasteiger partial charge in [-0.1, -0.05) is 25.1 Å². The Morgan fingerprint density at radius 1 is 1.18 bits per heavy atom. The molecular weight excluding hydrogens is 270 g/mol. The molecule has 0 amide bonds. The predicted molar refractivity (Wildman–Crippen MR) is 92.9 cm³/mol. The summed E-state index contributed by atoms with van der Waals surface area (Å²) in [6.07, 6.45) is 4.62. The van der Waals surface area contributed by atoms with Gasteiger partial charge in [0.15, 0.2) is 0 Å². The Hall–Kier alpha value is -1.45. The first-order chi connectivity index (χ1) is 10.8. The Balaban J connectivity index is 1.60. The summed E-state index contributed by atoms with van der Waals surface area (Å²) < 4.78 is 0. The number of aromatic nitrogens is 1. The summed E-state index contributed by atoms with van der Waals surface area (Å²) in [6, 6.07) is 10.6. The van der Waals surface area contributed by atoms with Crippen molar-refractivity contribution in [2.75, 3.05) is 33.2 Å². The van der Waals surface area contributed by atoms with Gasteiger partial charge in [-0.15, -0.1) is 0 Å². The van der Waals surface area contributed by atoms with Crippen molar-refractivity contribution in [3.8, 4) is 0 Å². The van der Waals surface area contributed by atoms with E-state index in [0.717, 1.165) is 18.0 Å². The number of benzene rings is 1. The van der Waals surface area contributed by atoms with Crippen molar-refractivity contribution in [1.29, 1.82) is 0 Å². The summed E-state index contributed by atoms with van der Waals surface area (Å²) in [5, 5.41) is 1.29. The minimum Gasteiger partial charge on any atom is -0.304 e. The van der Waals surface area contributed by atoms with Crippen LogP contribution < -0.4 is 0 Å². The number of rotatable bonds is 5. The lowest BCUT2D eigenvalue weighted by molar-refractivity contribution is 0.157. The first-order valence-corrected chi connectivity index (χ1v) is 8.49. The van der Waals surface area contributed by atoms with Gasteiger partial charge < -0.3 is 9.80 Å².